The first kappa shape index (κ1) is 15.9. The Morgan fingerprint density at radius 1 is 1.00 bits per heavy atom. The topological polar surface area (TPSA) is 44.5 Å². The second-order valence-corrected chi connectivity index (χ2v) is 7.19. The molecule has 2 heterocycles. The lowest BCUT2D eigenvalue weighted by Gasteiger charge is -2.44. The number of ether oxygens (including phenoxy) is 2. The van der Waals surface area contributed by atoms with E-state index in [2.05, 4.69) is 35.5 Å². The zero-order valence-corrected chi connectivity index (χ0v) is 14.3. The number of hydrogen-bond donors (Lipinski definition) is 0. The molecular weight excluding hydrogens is 302 g/mol. The van der Waals surface area contributed by atoms with Gasteiger partial charge in [-0.3, -0.25) is 0 Å². The Morgan fingerprint density at radius 3 is 2.33 bits per heavy atom. The van der Waals surface area contributed by atoms with Crippen molar-refractivity contribution in [2.24, 2.45) is 0 Å². The van der Waals surface area contributed by atoms with Crippen LogP contribution < -0.4 is 0 Å². The third-order valence-electron chi connectivity index (χ3n) is 5.70. The van der Waals surface area contributed by atoms with Crippen LogP contribution in [0.15, 0.2) is 40.9 Å². The Bertz CT molecular complexity index is 663. The standard InChI is InChI=1S/C20H25NO3/c1-16-15-18(24-21-16)7-8-19(17-5-3-2-4-6-17)9-11-20(12-10-19)22-13-14-23-20/h2-6,15H,7-14H2,1H3. The lowest BCUT2D eigenvalue weighted by atomic mass is 9.65. The van der Waals surface area contributed by atoms with Crippen LogP contribution in [-0.4, -0.2) is 24.2 Å². The second kappa shape index (κ2) is 6.34. The highest BCUT2D eigenvalue weighted by Gasteiger charge is 2.46. The summed E-state index contributed by atoms with van der Waals surface area (Å²) in [6.45, 7) is 3.43. The van der Waals surface area contributed by atoms with E-state index in [1.807, 2.05) is 13.0 Å². The van der Waals surface area contributed by atoms with Gasteiger partial charge in [0.05, 0.1) is 18.9 Å². The first-order valence-corrected chi connectivity index (χ1v) is 8.96. The van der Waals surface area contributed by atoms with Crippen LogP contribution in [0.3, 0.4) is 0 Å². The minimum Gasteiger partial charge on any atom is -0.361 e. The van der Waals surface area contributed by atoms with Crippen LogP contribution >= 0.6 is 0 Å². The minimum absolute atomic E-state index is 0.169. The predicted molar refractivity (Wildman–Crippen MR) is 90.8 cm³/mol. The minimum atomic E-state index is -0.318. The highest BCUT2D eigenvalue weighted by atomic mass is 16.7. The van der Waals surface area contributed by atoms with Gasteiger partial charge < -0.3 is 14.0 Å². The summed E-state index contributed by atoms with van der Waals surface area (Å²) in [5, 5.41) is 4.02. The van der Waals surface area contributed by atoms with Gasteiger partial charge in [-0.15, -0.1) is 0 Å². The average Bonchev–Trinajstić information content (AvgIpc) is 3.25. The number of aryl methyl sites for hydroxylation is 2. The molecule has 2 fully saturated rings. The van der Waals surface area contributed by atoms with Crippen LogP contribution in [0.5, 0.6) is 0 Å². The largest absolute Gasteiger partial charge is 0.361 e. The van der Waals surface area contributed by atoms with Crippen molar-refractivity contribution in [2.75, 3.05) is 13.2 Å². The van der Waals surface area contributed by atoms with Gasteiger partial charge in [0.2, 0.25) is 0 Å². The molecule has 1 aliphatic heterocycles. The van der Waals surface area contributed by atoms with Crippen molar-refractivity contribution in [3.8, 4) is 0 Å². The summed E-state index contributed by atoms with van der Waals surface area (Å²) in [5.41, 5.74) is 2.55. The molecule has 1 saturated carbocycles. The van der Waals surface area contributed by atoms with E-state index in [0.717, 1.165) is 63.2 Å². The Morgan fingerprint density at radius 2 is 1.71 bits per heavy atom. The fraction of sp³-hybridized carbons (Fsp3) is 0.550. The molecule has 24 heavy (non-hydrogen) atoms. The van der Waals surface area contributed by atoms with Gasteiger partial charge in [-0.2, -0.15) is 0 Å². The summed E-state index contributed by atoms with van der Waals surface area (Å²) < 4.78 is 17.3. The molecule has 0 N–H and O–H groups in total. The third-order valence-corrected chi connectivity index (χ3v) is 5.70. The van der Waals surface area contributed by atoms with Crippen molar-refractivity contribution >= 4 is 0 Å². The number of hydrogen-bond acceptors (Lipinski definition) is 4. The molecule has 0 radical (unpaired) electrons. The lowest BCUT2D eigenvalue weighted by molar-refractivity contribution is -0.185. The number of aromatic nitrogens is 1. The average molecular weight is 327 g/mol. The molecule has 128 valence electrons. The van der Waals surface area contributed by atoms with Crippen molar-refractivity contribution in [1.82, 2.24) is 5.16 Å². The molecular formula is C20H25NO3. The van der Waals surface area contributed by atoms with Gasteiger partial charge in [0.15, 0.2) is 5.79 Å². The smallest absolute Gasteiger partial charge is 0.168 e. The Balaban J connectivity index is 1.54. The predicted octanol–water partition coefficient (Wildman–Crippen LogP) is 4.17. The van der Waals surface area contributed by atoms with Crippen molar-refractivity contribution in [3.05, 3.63) is 53.4 Å². The maximum absolute atomic E-state index is 5.93. The normalized spacial score (nSPS) is 22.0. The molecule has 1 aliphatic carbocycles. The molecule has 0 bridgehead atoms. The summed E-state index contributed by atoms with van der Waals surface area (Å²) in [6, 6.07) is 12.9. The summed E-state index contributed by atoms with van der Waals surface area (Å²) in [6.07, 6.45) is 6.11. The summed E-state index contributed by atoms with van der Waals surface area (Å²) in [5.74, 6) is 0.664. The second-order valence-electron chi connectivity index (χ2n) is 7.19. The van der Waals surface area contributed by atoms with E-state index >= 15 is 0 Å². The first-order valence-electron chi connectivity index (χ1n) is 8.96. The van der Waals surface area contributed by atoms with E-state index < -0.39 is 0 Å². The van der Waals surface area contributed by atoms with Gasteiger partial charge in [-0.1, -0.05) is 35.5 Å². The number of nitrogens with zero attached hydrogens (tertiary/aromatic N) is 1. The van der Waals surface area contributed by atoms with Crippen LogP contribution in [0.1, 0.15) is 49.1 Å². The molecule has 4 heteroatoms. The molecule has 1 aromatic carbocycles. The maximum atomic E-state index is 5.93. The molecule has 1 spiro atoms. The molecule has 4 rings (SSSR count). The SMILES string of the molecule is Cc1cc(CCC2(c3ccccc3)CCC3(CC2)OCCO3)on1. The highest BCUT2D eigenvalue weighted by molar-refractivity contribution is 5.27. The summed E-state index contributed by atoms with van der Waals surface area (Å²) in [7, 11) is 0. The molecule has 1 aromatic heterocycles. The highest BCUT2D eigenvalue weighted by Crippen LogP contribution is 2.48. The molecule has 1 saturated heterocycles. The molecule has 4 nitrogen and oxygen atoms in total. The van der Waals surface area contributed by atoms with Gasteiger partial charge in [0, 0.05) is 25.3 Å². The Labute approximate surface area is 143 Å². The van der Waals surface area contributed by atoms with E-state index in [0.29, 0.717) is 0 Å². The monoisotopic (exact) mass is 327 g/mol. The van der Waals surface area contributed by atoms with Gasteiger partial charge in [-0.25, -0.2) is 0 Å². The maximum Gasteiger partial charge on any atom is 0.168 e. The quantitative estimate of drug-likeness (QED) is 0.845. The van der Waals surface area contributed by atoms with Crippen LogP contribution in [0.2, 0.25) is 0 Å². The zero-order valence-electron chi connectivity index (χ0n) is 14.3. The van der Waals surface area contributed by atoms with Crippen molar-refractivity contribution < 1.29 is 14.0 Å². The van der Waals surface area contributed by atoms with Crippen LogP contribution in [0, 0.1) is 6.92 Å². The molecule has 2 aliphatic rings. The number of benzene rings is 1. The molecule has 0 unspecified atom stereocenters. The molecule has 0 atom stereocenters. The first-order chi connectivity index (χ1) is 11.7. The van der Waals surface area contributed by atoms with Crippen LogP contribution in [0.4, 0.5) is 0 Å². The van der Waals surface area contributed by atoms with Crippen LogP contribution in [0.25, 0.3) is 0 Å². The van der Waals surface area contributed by atoms with E-state index in [1.165, 1.54) is 5.56 Å². The molecule has 2 aromatic rings. The summed E-state index contributed by atoms with van der Waals surface area (Å²) in [4.78, 5) is 0. The van der Waals surface area contributed by atoms with Crippen molar-refractivity contribution in [2.45, 2.75) is 56.7 Å². The Kier molecular flexibility index (Phi) is 4.19. The Hall–Kier alpha value is -1.65. The van der Waals surface area contributed by atoms with Crippen molar-refractivity contribution in [1.29, 1.82) is 0 Å². The zero-order chi connectivity index (χ0) is 16.5. The van der Waals surface area contributed by atoms with Gasteiger partial charge in [-0.05, 0) is 37.2 Å². The summed E-state index contributed by atoms with van der Waals surface area (Å²) >= 11 is 0. The van der Waals surface area contributed by atoms with E-state index in [1.54, 1.807) is 0 Å². The van der Waals surface area contributed by atoms with Gasteiger partial charge in [0.25, 0.3) is 0 Å². The van der Waals surface area contributed by atoms with E-state index in [4.69, 9.17) is 14.0 Å². The third kappa shape index (κ3) is 3.01. The number of rotatable bonds is 4. The lowest BCUT2D eigenvalue weighted by Crippen LogP contribution is -2.42. The van der Waals surface area contributed by atoms with Crippen LogP contribution in [-0.2, 0) is 21.3 Å². The van der Waals surface area contributed by atoms with Crippen molar-refractivity contribution in [3.63, 3.8) is 0 Å². The fourth-order valence-electron chi connectivity index (χ4n) is 4.27. The fourth-order valence-corrected chi connectivity index (χ4v) is 4.27. The molecule has 0 amide bonds. The van der Waals surface area contributed by atoms with E-state index in [-0.39, 0.29) is 11.2 Å². The van der Waals surface area contributed by atoms with Gasteiger partial charge in [0.1, 0.15) is 5.76 Å². The van der Waals surface area contributed by atoms with E-state index in [9.17, 15) is 0 Å². The van der Waals surface area contributed by atoms with Gasteiger partial charge >= 0.3 is 0 Å².